The first-order valence-corrected chi connectivity index (χ1v) is 7.57. The summed E-state index contributed by atoms with van der Waals surface area (Å²) in [5.74, 6) is 0. The monoisotopic (exact) mass is 252 g/mol. The van der Waals surface area contributed by atoms with Crippen LogP contribution in [0.5, 0.6) is 0 Å². The molecule has 0 radical (unpaired) electrons. The molecule has 1 aliphatic rings. The summed E-state index contributed by atoms with van der Waals surface area (Å²) in [5, 5.41) is 3.63. The summed E-state index contributed by atoms with van der Waals surface area (Å²) in [4.78, 5) is 5.49. The topological polar surface area (TPSA) is 15.3 Å². The van der Waals surface area contributed by atoms with E-state index in [1.807, 2.05) is 11.3 Å². The molecule has 1 fully saturated rings. The molecule has 96 valence electrons. The van der Waals surface area contributed by atoms with Crippen molar-refractivity contribution in [2.75, 3.05) is 26.2 Å². The zero-order valence-electron chi connectivity index (χ0n) is 11.0. The van der Waals surface area contributed by atoms with Gasteiger partial charge in [-0.2, -0.15) is 0 Å². The Labute approximate surface area is 109 Å². The summed E-state index contributed by atoms with van der Waals surface area (Å²) < 4.78 is 0. The molecule has 17 heavy (non-hydrogen) atoms. The van der Waals surface area contributed by atoms with Crippen LogP contribution in [0.15, 0.2) is 12.1 Å². The fourth-order valence-electron chi connectivity index (χ4n) is 2.44. The maximum atomic E-state index is 3.63. The number of rotatable bonds is 6. The van der Waals surface area contributed by atoms with E-state index in [0.29, 0.717) is 6.04 Å². The van der Waals surface area contributed by atoms with Gasteiger partial charge >= 0.3 is 0 Å². The van der Waals surface area contributed by atoms with Gasteiger partial charge in [0, 0.05) is 28.9 Å². The number of hydrogen-bond donors (Lipinski definition) is 1. The minimum atomic E-state index is 0.593. The lowest BCUT2D eigenvalue weighted by Gasteiger charge is -2.17. The Morgan fingerprint density at radius 2 is 2.12 bits per heavy atom. The summed E-state index contributed by atoms with van der Waals surface area (Å²) in [5.41, 5.74) is 0. The van der Waals surface area contributed by atoms with Crippen LogP contribution in [0.2, 0.25) is 0 Å². The molecule has 0 bridgehead atoms. The van der Waals surface area contributed by atoms with Gasteiger partial charge in [-0.25, -0.2) is 0 Å². The second-order valence-electron chi connectivity index (χ2n) is 5.12. The Bertz CT molecular complexity index is 329. The Morgan fingerprint density at radius 3 is 2.76 bits per heavy atom. The van der Waals surface area contributed by atoms with Crippen LogP contribution < -0.4 is 5.32 Å². The highest BCUT2D eigenvalue weighted by atomic mass is 32.1. The molecule has 0 aromatic carbocycles. The van der Waals surface area contributed by atoms with Crippen LogP contribution in [-0.2, 0) is 6.42 Å². The van der Waals surface area contributed by atoms with Crippen molar-refractivity contribution >= 4 is 11.3 Å². The molecule has 1 aromatic rings. The molecule has 2 rings (SSSR count). The van der Waals surface area contributed by atoms with Crippen molar-refractivity contribution in [3.8, 4) is 0 Å². The predicted molar refractivity (Wildman–Crippen MR) is 75.9 cm³/mol. The highest BCUT2D eigenvalue weighted by molar-refractivity contribution is 7.11. The lowest BCUT2D eigenvalue weighted by Crippen LogP contribution is -2.35. The molecular weight excluding hydrogens is 228 g/mol. The van der Waals surface area contributed by atoms with E-state index in [1.165, 1.54) is 48.7 Å². The van der Waals surface area contributed by atoms with E-state index in [-0.39, 0.29) is 0 Å². The number of hydrogen-bond acceptors (Lipinski definition) is 3. The van der Waals surface area contributed by atoms with Gasteiger partial charge in [0.2, 0.25) is 0 Å². The number of thiophene rings is 1. The van der Waals surface area contributed by atoms with Gasteiger partial charge in [0.05, 0.1) is 0 Å². The van der Waals surface area contributed by atoms with Crippen LogP contribution in [-0.4, -0.2) is 37.1 Å². The zero-order valence-corrected chi connectivity index (χ0v) is 11.9. The Hall–Kier alpha value is -0.380. The van der Waals surface area contributed by atoms with Crippen LogP contribution in [0.3, 0.4) is 0 Å². The van der Waals surface area contributed by atoms with Gasteiger partial charge in [-0.15, -0.1) is 11.3 Å². The van der Waals surface area contributed by atoms with Crippen molar-refractivity contribution in [3.05, 3.63) is 21.9 Å². The molecule has 1 aromatic heterocycles. The van der Waals surface area contributed by atoms with E-state index in [0.717, 1.165) is 6.54 Å². The molecule has 1 atom stereocenters. The van der Waals surface area contributed by atoms with Crippen LogP contribution in [0.1, 0.15) is 29.5 Å². The zero-order chi connectivity index (χ0) is 12.1. The van der Waals surface area contributed by atoms with Gasteiger partial charge in [-0.3, -0.25) is 0 Å². The second kappa shape index (κ2) is 6.53. The maximum absolute atomic E-state index is 3.63. The Balaban J connectivity index is 1.61. The summed E-state index contributed by atoms with van der Waals surface area (Å²) in [7, 11) is 0. The molecule has 1 N–H and O–H groups in total. The van der Waals surface area contributed by atoms with Gasteiger partial charge in [0.15, 0.2) is 0 Å². The smallest absolute Gasteiger partial charge is 0.0107 e. The van der Waals surface area contributed by atoms with E-state index in [9.17, 15) is 0 Å². The molecule has 0 spiro atoms. The van der Waals surface area contributed by atoms with Crippen LogP contribution in [0, 0.1) is 6.92 Å². The second-order valence-corrected chi connectivity index (χ2v) is 6.49. The van der Waals surface area contributed by atoms with E-state index >= 15 is 0 Å². The Morgan fingerprint density at radius 1 is 1.35 bits per heavy atom. The number of nitrogens with zero attached hydrogens (tertiary/aromatic N) is 1. The maximum Gasteiger partial charge on any atom is 0.0107 e. The first-order valence-electron chi connectivity index (χ1n) is 6.75. The van der Waals surface area contributed by atoms with Crippen molar-refractivity contribution in [2.45, 2.75) is 39.2 Å². The van der Waals surface area contributed by atoms with Crippen molar-refractivity contribution in [2.24, 2.45) is 0 Å². The third-order valence-electron chi connectivity index (χ3n) is 3.42. The van der Waals surface area contributed by atoms with Crippen molar-refractivity contribution in [1.82, 2.24) is 10.2 Å². The van der Waals surface area contributed by atoms with Gasteiger partial charge in [0.25, 0.3) is 0 Å². The normalized spacial score (nSPS) is 18.7. The van der Waals surface area contributed by atoms with E-state index in [4.69, 9.17) is 0 Å². The van der Waals surface area contributed by atoms with Crippen molar-refractivity contribution < 1.29 is 0 Å². The molecule has 2 nitrogen and oxygen atoms in total. The third-order valence-corrected chi connectivity index (χ3v) is 4.45. The highest BCUT2D eigenvalue weighted by Gasteiger charge is 2.11. The predicted octanol–water partition coefficient (Wildman–Crippen LogP) is 2.67. The molecule has 1 aliphatic heterocycles. The SMILES string of the molecule is Cc1ccc(CC(C)NCCN2CCCC2)s1. The lowest BCUT2D eigenvalue weighted by molar-refractivity contribution is 0.329. The van der Waals surface area contributed by atoms with Gasteiger partial charge in [0.1, 0.15) is 0 Å². The number of likely N-dealkylation sites (tertiary alicyclic amines) is 1. The van der Waals surface area contributed by atoms with Crippen LogP contribution in [0.4, 0.5) is 0 Å². The minimum Gasteiger partial charge on any atom is -0.313 e. The molecule has 1 saturated heterocycles. The van der Waals surface area contributed by atoms with E-state index < -0.39 is 0 Å². The summed E-state index contributed by atoms with van der Waals surface area (Å²) in [6.45, 7) is 9.43. The quantitative estimate of drug-likeness (QED) is 0.837. The fraction of sp³-hybridized carbons (Fsp3) is 0.714. The van der Waals surface area contributed by atoms with Crippen LogP contribution in [0.25, 0.3) is 0 Å². The van der Waals surface area contributed by atoms with Gasteiger partial charge < -0.3 is 10.2 Å². The molecule has 1 unspecified atom stereocenters. The molecule has 2 heterocycles. The number of nitrogens with one attached hydrogen (secondary N) is 1. The fourth-order valence-corrected chi connectivity index (χ4v) is 3.46. The largest absolute Gasteiger partial charge is 0.313 e. The molecule has 0 amide bonds. The first kappa shape index (κ1) is 13.1. The number of aryl methyl sites for hydroxylation is 1. The molecule has 0 saturated carbocycles. The highest BCUT2D eigenvalue weighted by Crippen LogP contribution is 2.16. The average Bonchev–Trinajstić information content (AvgIpc) is 2.90. The van der Waals surface area contributed by atoms with Gasteiger partial charge in [-0.05, 0) is 58.3 Å². The van der Waals surface area contributed by atoms with Crippen molar-refractivity contribution in [3.63, 3.8) is 0 Å². The summed E-state index contributed by atoms with van der Waals surface area (Å²) >= 11 is 1.92. The standard InChI is InChI=1S/C14H24N2S/c1-12(11-14-6-5-13(2)17-14)15-7-10-16-8-3-4-9-16/h5-6,12,15H,3-4,7-11H2,1-2H3. The molecule has 0 aliphatic carbocycles. The van der Waals surface area contributed by atoms with Crippen molar-refractivity contribution in [1.29, 1.82) is 0 Å². The lowest BCUT2D eigenvalue weighted by atomic mass is 10.2. The summed E-state index contributed by atoms with van der Waals surface area (Å²) in [6.07, 6.45) is 3.95. The van der Waals surface area contributed by atoms with Crippen LogP contribution >= 0.6 is 11.3 Å². The van der Waals surface area contributed by atoms with Gasteiger partial charge in [-0.1, -0.05) is 0 Å². The first-order chi connectivity index (χ1) is 8.24. The average molecular weight is 252 g/mol. The summed E-state index contributed by atoms with van der Waals surface area (Å²) in [6, 6.07) is 5.07. The minimum absolute atomic E-state index is 0.593. The molecule has 3 heteroatoms. The third kappa shape index (κ3) is 4.41. The molecular formula is C14H24N2S. The van der Waals surface area contributed by atoms with E-state index in [2.05, 4.69) is 36.2 Å². The van der Waals surface area contributed by atoms with E-state index in [1.54, 1.807) is 0 Å². The Kier molecular flexibility index (Phi) is 5.01.